The van der Waals surface area contributed by atoms with E-state index in [1.807, 2.05) is 89.2 Å². The van der Waals surface area contributed by atoms with Gasteiger partial charge in [-0.25, -0.2) is 4.79 Å². The van der Waals surface area contributed by atoms with Crippen molar-refractivity contribution in [3.63, 3.8) is 0 Å². The monoisotopic (exact) mass is 730 g/mol. The summed E-state index contributed by atoms with van der Waals surface area (Å²) in [5.41, 5.74) is -0.656. The van der Waals surface area contributed by atoms with Crippen LogP contribution in [-0.2, 0) is 30.0 Å². The molecular weight excluding hydrogens is 654 g/mol. The second-order valence-corrected chi connectivity index (χ2v) is 14.7. The van der Waals surface area contributed by atoms with Crippen molar-refractivity contribution in [1.29, 1.82) is 0 Å². The summed E-state index contributed by atoms with van der Waals surface area (Å²) in [6, 6.07) is 17.1. The van der Waals surface area contributed by atoms with Crippen molar-refractivity contribution in [2.24, 2.45) is 11.3 Å². The molecule has 298 valence electrons. The minimum Gasteiger partial charge on any atom is -0.490 e. The lowest BCUT2D eigenvalue weighted by molar-refractivity contribution is -0.155. The van der Waals surface area contributed by atoms with Crippen molar-refractivity contribution in [2.75, 3.05) is 19.8 Å². The molecule has 0 bridgehead atoms. The van der Waals surface area contributed by atoms with Gasteiger partial charge in [0.15, 0.2) is 0 Å². The van der Waals surface area contributed by atoms with Crippen molar-refractivity contribution in [2.45, 2.75) is 159 Å². The van der Waals surface area contributed by atoms with Gasteiger partial charge in [-0.1, -0.05) is 143 Å². The first kappa shape index (κ1) is 50.6. The van der Waals surface area contributed by atoms with Gasteiger partial charge in [0.05, 0.1) is 23.5 Å². The zero-order valence-electron chi connectivity index (χ0n) is 32.6. The van der Waals surface area contributed by atoms with Gasteiger partial charge >= 0.3 is 18.0 Å². The molecule has 2 aromatic rings. The molecule has 0 saturated heterocycles. The molecule has 0 aromatic heterocycles. The van der Waals surface area contributed by atoms with E-state index in [4.69, 9.17) is 14.2 Å². The van der Waals surface area contributed by atoms with E-state index in [0.29, 0.717) is 18.6 Å². The molecule has 0 fully saturated rings. The van der Waals surface area contributed by atoms with Gasteiger partial charge in [-0.2, -0.15) is 0 Å². The number of carboxylic acid groups (broad SMARTS) is 1. The summed E-state index contributed by atoms with van der Waals surface area (Å²) in [7, 11) is 0. The maximum absolute atomic E-state index is 12.5. The Balaban J connectivity index is 0. The molecule has 1 amide bonds. The van der Waals surface area contributed by atoms with Crippen LogP contribution in [-0.4, -0.2) is 43.0 Å². The van der Waals surface area contributed by atoms with E-state index in [9.17, 15) is 19.5 Å². The van der Waals surface area contributed by atoms with Gasteiger partial charge in [-0.3, -0.25) is 9.59 Å². The minimum absolute atomic E-state index is 0. The summed E-state index contributed by atoms with van der Waals surface area (Å²) in [5.74, 6) is -1.09. The van der Waals surface area contributed by atoms with E-state index in [2.05, 4.69) is 19.2 Å². The van der Waals surface area contributed by atoms with E-state index < -0.39 is 34.3 Å². The van der Waals surface area contributed by atoms with Crippen LogP contribution in [0.4, 0.5) is 4.79 Å². The maximum Gasteiger partial charge on any atom is 0.407 e. The second kappa shape index (κ2) is 26.3. The fourth-order valence-electron chi connectivity index (χ4n) is 6.22. The first-order valence-corrected chi connectivity index (χ1v) is 18.8. The highest BCUT2D eigenvalue weighted by Crippen LogP contribution is 2.42. The van der Waals surface area contributed by atoms with Gasteiger partial charge in [0.1, 0.15) is 19.0 Å². The van der Waals surface area contributed by atoms with Gasteiger partial charge in [0, 0.05) is 0 Å². The Labute approximate surface area is 317 Å². The zero-order chi connectivity index (χ0) is 37.6. The molecule has 8 heteroatoms. The summed E-state index contributed by atoms with van der Waals surface area (Å²) in [6.45, 7) is 18.2. The second-order valence-electron chi connectivity index (χ2n) is 14.7. The van der Waals surface area contributed by atoms with Crippen LogP contribution < -0.4 is 10.1 Å². The number of alkyl carbamates (subject to hydrolysis) is 1. The minimum atomic E-state index is -1.15. The van der Waals surface area contributed by atoms with E-state index in [1.54, 1.807) is 13.8 Å². The number of carbonyl (C=O) groups excluding carboxylic acids is 2. The summed E-state index contributed by atoms with van der Waals surface area (Å²) in [4.78, 5) is 37.4. The third kappa shape index (κ3) is 18.8. The van der Waals surface area contributed by atoms with Crippen LogP contribution in [0.15, 0.2) is 54.6 Å². The lowest BCUT2D eigenvalue weighted by atomic mass is 9.66. The van der Waals surface area contributed by atoms with Crippen LogP contribution in [0.5, 0.6) is 5.75 Å². The molecule has 0 heterocycles. The fraction of sp³-hybridized carbons (Fsp3) is 0.659. The fourth-order valence-corrected chi connectivity index (χ4v) is 6.22. The molecule has 2 unspecified atom stereocenters. The summed E-state index contributed by atoms with van der Waals surface area (Å²) in [5, 5.41) is 13.1. The number of hydrogen-bond acceptors (Lipinski definition) is 6. The molecule has 0 spiro atoms. The van der Waals surface area contributed by atoms with E-state index >= 15 is 0 Å². The maximum atomic E-state index is 12.5. The number of benzene rings is 2. The lowest BCUT2D eigenvalue weighted by Gasteiger charge is -2.37. The topological polar surface area (TPSA) is 111 Å². The molecule has 0 aliphatic heterocycles. The molecule has 2 rings (SSSR count). The molecule has 2 aromatic carbocycles. The number of ether oxygens (including phenoxy) is 3. The number of nitrogens with one attached hydrogen (secondary N) is 1. The number of aliphatic carboxylic acids is 1. The quantitative estimate of drug-likeness (QED) is 0.0916. The van der Waals surface area contributed by atoms with Gasteiger partial charge in [-0.15, -0.1) is 0 Å². The number of para-hydroxylation sites is 1. The Morgan fingerprint density at radius 3 is 1.81 bits per heavy atom. The van der Waals surface area contributed by atoms with E-state index in [0.717, 1.165) is 11.1 Å². The molecule has 0 aliphatic carbocycles. The smallest absolute Gasteiger partial charge is 0.407 e. The summed E-state index contributed by atoms with van der Waals surface area (Å²) >= 11 is 0. The Morgan fingerprint density at radius 2 is 1.29 bits per heavy atom. The third-order valence-electron chi connectivity index (χ3n) is 9.22. The first-order chi connectivity index (χ1) is 23.7. The SMILES string of the molecule is C.C.CCCCCCCCCC.CCOC(=O)C(CC)CC(C)(CC(C)(C)c1cccc(C(C)(C)NC(=O)OCCOc2ccccc2)c1)C(=O)O. The van der Waals surface area contributed by atoms with Crippen molar-refractivity contribution >= 4 is 18.0 Å². The number of amides is 1. The van der Waals surface area contributed by atoms with Crippen LogP contribution in [0, 0.1) is 11.3 Å². The van der Waals surface area contributed by atoms with Crippen molar-refractivity contribution in [3.05, 3.63) is 65.7 Å². The van der Waals surface area contributed by atoms with Crippen LogP contribution in [0.1, 0.15) is 159 Å². The van der Waals surface area contributed by atoms with Crippen molar-refractivity contribution in [1.82, 2.24) is 5.32 Å². The van der Waals surface area contributed by atoms with Gasteiger partial charge < -0.3 is 24.6 Å². The Morgan fingerprint density at radius 1 is 0.731 bits per heavy atom. The van der Waals surface area contributed by atoms with Gasteiger partial charge in [-0.05, 0) is 75.6 Å². The Bertz CT molecular complexity index is 1250. The van der Waals surface area contributed by atoms with Crippen LogP contribution in [0.2, 0.25) is 0 Å². The number of rotatable bonds is 22. The average molecular weight is 730 g/mol. The normalized spacial score (nSPS) is 12.7. The van der Waals surface area contributed by atoms with Gasteiger partial charge in [0.2, 0.25) is 0 Å². The van der Waals surface area contributed by atoms with Crippen LogP contribution >= 0.6 is 0 Å². The first-order valence-electron chi connectivity index (χ1n) is 18.8. The number of esters is 1. The van der Waals surface area contributed by atoms with E-state index in [-0.39, 0.29) is 47.1 Å². The number of carbonyl (C=O) groups is 3. The molecule has 2 atom stereocenters. The molecular formula is C44H75NO7. The number of unbranched alkanes of at least 4 members (excludes halogenated alkanes) is 7. The van der Waals surface area contributed by atoms with E-state index in [1.165, 1.54) is 51.4 Å². The van der Waals surface area contributed by atoms with Crippen LogP contribution in [0.3, 0.4) is 0 Å². The molecule has 0 aliphatic rings. The highest BCUT2D eigenvalue weighted by Gasteiger charge is 2.43. The highest BCUT2D eigenvalue weighted by atomic mass is 16.6. The number of hydrogen-bond donors (Lipinski definition) is 2. The van der Waals surface area contributed by atoms with Crippen molar-refractivity contribution < 1.29 is 33.7 Å². The zero-order valence-corrected chi connectivity index (χ0v) is 32.6. The predicted molar refractivity (Wildman–Crippen MR) is 216 cm³/mol. The summed E-state index contributed by atoms with van der Waals surface area (Å²) < 4.78 is 16.1. The third-order valence-corrected chi connectivity index (χ3v) is 9.22. The Kier molecular flexibility index (Phi) is 25.5. The van der Waals surface area contributed by atoms with Crippen LogP contribution in [0.25, 0.3) is 0 Å². The van der Waals surface area contributed by atoms with Gasteiger partial charge in [0.25, 0.3) is 0 Å². The highest BCUT2D eigenvalue weighted by molar-refractivity contribution is 5.77. The summed E-state index contributed by atoms with van der Waals surface area (Å²) in [6.07, 6.45) is 11.9. The lowest BCUT2D eigenvalue weighted by Crippen LogP contribution is -2.42. The largest absolute Gasteiger partial charge is 0.490 e. The average Bonchev–Trinajstić information content (AvgIpc) is 3.07. The standard InChI is InChI=1S/C32H45NO7.C10H22.2CH4/c1-8-23(27(34)38-9-2)21-32(7,28(35)36)22-30(3,4)24-14-13-15-25(20-24)31(5,6)33-29(37)40-19-18-39-26-16-11-10-12-17-26;1-3-5-7-9-10-8-6-4-2;;/h10-17,20,23H,8-9,18-19,21-22H2,1-7H3,(H,33,37)(H,35,36);3-10H2,1-2H3;2*1H4. The molecule has 2 N–H and O–H groups in total. The molecule has 0 radical (unpaired) electrons. The van der Waals surface area contributed by atoms with Crippen molar-refractivity contribution in [3.8, 4) is 5.75 Å². The Hall–Kier alpha value is -3.55. The molecule has 52 heavy (non-hydrogen) atoms. The molecule has 8 nitrogen and oxygen atoms in total. The molecule has 0 saturated carbocycles. The number of carboxylic acids is 1. The predicted octanol–water partition coefficient (Wildman–Crippen LogP) is 11.9.